The molecule has 1 N–H and O–H groups in total. The molecule has 4 aromatic rings. The number of hydrogen-bond acceptors (Lipinski definition) is 7. The molecule has 1 unspecified atom stereocenters. The lowest BCUT2D eigenvalue weighted by atomic mass is 10.2. The lowest BCUT2D eigenvalue weighted by Crippen LogP contribution is -2.19. The van der Waals surface area contributed by atoms with Crippen molar-refractivity contribution in [2.24, 2.45) is 0 Å². The van der Waals surface area contributed by atoms with E-state index in [2.05, 4.69) is 59.1 Å². The summed E-state index contributed by atoms with van der Waals surface area (Å²) in [4.78, 5) is 17.4. The van der Waals surface area contributed by atoms with Crippen LogP contribution in [0.4, 0.5) is 5.69 Å². The average Bonchev–Trinajstić information content (AvgIpc) is 3.58. The number of aromatic nitrogens is 4. The van der Waals surface area contributed by atoms with Crippen LogP contribution in [0.1, 0.15) is 44.0 Å². The molecule has 2 aromatic carbocycles. The summed E-state index contributed by atoms with van der Waals surface area (Å²) >= 11 is 3.09. The van der Waals surface area contributed by atoms with E-state index in [1.165, 1.54) is 22.0 Å². The summed E-state index contributed by atoms with van der Waals surface area (Å²) in [5, 5.41) is 13.5. The fourth-order valence-electron chi connectivity index (χ4n) is 4.18. The number of anilines is 1. The molecule has 0 bridgehead atoms. The molecule has 9 heteroatoms. The van der Waals surface area contributed by atoms with Crippen LogP contribution in [-0.2, 0) is 16.1 Å². The third-order valence-corrected chi connectivity index (χ3v) is 8.00. The Kier molecular flexibility index (Phi) is 7.17. The van der Waals surface area contributed by atoms with Gasteiger partial charge in [0.2, 0.25) is 5.91 Å². The fraction of sp³-hybridized carbons (Fsp3) is 0.385. The van der Waals surface area contributed by atoms with E-state index < -0.39 is 0 Å². The van der Waals surface area contributed by atoms with Crippen LogP contribution in [0.5, 0.6) is 0 Å². The summed E-state index contributed by atoms with van der Waals surface area (Å²) in [6, 6.07) is 14.1. The highest BCUT2D eigenvalue weighted by molar-refractivity contribution is 7.99. The van der Waals surface area contributed by atoms with E-state index in [1.54, 1.807) is 11.3 Å². The summed E-state index contributed by atoms with van der Waals surface area (Å²) in [5.74, 6) is 1.38. The Morgan fingerprint density at radius 3 is 2.80 bits per heavy atom. The predicted molar refractivity (Wildman–Crippen MR) is 142 cm³/mol. The molecular formula is C26H29N5O2S2. The number of benzene rings is 2. The zero-order valence-electron chi connectivity index (χ0n) is 20.2. The average molecular weight is 508 g/mol. The molecule has 0 radical (unpaired) electrons. The van der Waals surface area contributed by atoms with Crippen molar-refractivity contribution in [1.29, 1.82) is 0 Å². The first kappa shape index (κ1) is 24.0. The van der Waals surface area contributed by atoms with Crippen LogP contribution in [0.2, 0.25) is 0 Å². The molecule has 0 spiro atoms. The van der Waals surface area contributed by atoms with Crippen LogP contribution >= 0.6 is 23.1 Å². The van der Waals surface area contributed by atoms with E-state index in [1.807, 2.05) is 24.3 Å². The van der Waals surface area contributed by atoms with Gasteiger partial charge < -0.3 is 14.6 Å². The van der Waals surface area contributed by atoms with Crippen LogP contribution in [0.3, 0.4) is 0 Å². The van der Waals surface area contributed by atoms with Crippen molar-refractivity contribution < 1.29 is 9.53 Å². The third kappa shape index (κ3) is 5.58. The lowest BCUT2D eigenvalue weighted by molar-refractivity contribution is -0.113. The predicted octanol–water partition coefficient (Wildman–Crippen LogP) is 5.90. The van der Waals surface area contributed by atoms with Crippen LogP contribution < -0.4 is 5.32 Å². The molecule has 1 aliphatic heterocycles. The van der Waals surface area contributed by atoms with E-state index in [0.717, 1.165) is 58.7 Å². The zero-order valence-corrected chi connectivity index (χ0v) is 21.8. The van der Waals surface area contributed by atoms with Gasteiger partial charge in [0.25, 0.3) is 0 Å². The highest BCUT2D eigenvalue weighted by Crippen LogP contribution is 2.31. The van der Waals surface area contributed by atoms with Crippen LogP contribution in [0.15, 0.2) is 47.6 Å². The standard InChI is InChI=1S/C26H29N5O2S2/c1-16(2)24-29-30-26(31(24)14-20-5-4-12-33-20)34-15-23(32)27-19-9-7-18(8-10-19)25-28-21-11-6-17(3)13-22(21)35-25/h6-11,13,16,20H,4-5,12,14-15H2,1-3H3,(H,27,32). The molecule has 1 saturated heterocycles. The van der Waals surface area contributed by atoms with Crippen molar-refractivity contribution in [3.05, 3.63) is 53.9 Å². The Balaban J connectivity index is 1.21. The zero-order chi connectivity index (χ0) is 24.4. The van der Waals surface area contributed by atoms with Gasteiger partial charge in [-0.25, -0.2) is 4.98 Å². The largest absolute Gasteiger partial charge is 0.376 e. The quantitative estimate of drug-likeness (QED) is 0.299. The molecule has 0 saturated carbocycles. The summed E-state index contributed by atoms with van der Waals surface area (Å²) in [6.07, 6.45) is 2.33. The Bertz CT molecular complexity index is 1320. The maximum absolute atomic E-state index is 12.7. The second kappa shape index (κ2) is 10.5. The number of nitrogens with one attached hydrogen (secondary N) is 1. The van der Waals surface area contributed by atoms with Gasteiger partial charge in [0, 0.05) is 23.8 Å². The lowest BCUT2D eigenvalue weighted by Gasteiger charge is -2.16. The first-order chi connectivity index (χ1) is 17.0. The molecule has 5 rings (SSSR count). The number of nitrogens with zero attached hydrogens (tertiary/aromatic N) is 4. The molecule has 3 heterocycles. The molecule has 1 aliphatic rings. The third-order valence-electron chi connectivity index (χ3n) is 5.96. The van der Waals surface area contributed by atoms with Crippen molar-refractivity contribution >= 4 is 44.9 Å². The maximum Gasteiger partial charge on any atom is 0.234 e. The number of thiazole rings is 1. The number of aryl methyl sites for hydroxylation is 1. The first-order valence-corrected chi connectivity index (χ1v) is 13.7. The van der Waals surface area contributed by atoms with Crippen molar-refractivity contribution in [2.45, 2.75) is 57.3 Å². The minimum absolute atomic E-state index is 0.0732. The number of rotatable bonds is 8. The van der Waals surface area contributed by atoms with Gasteiger partial charge in [0.15, 0.2) is 5.16 Å². The SMILES string of the molecule is Cc1ccc2nc(-c3ccc(NC(=O)CSc4nnc(C(C)C)n4CC4CCCO4)cc3)sc2c1. The molecule has 0 aliphatic carbocycles. The number of fused-ring (bicyclic) bond motifs is 1. The molecule has 7 nitrogen and oxygen atoms in total. The molecule has 2 aromatic heterocycles. The van der Waals surface area contributed by atoms with Gasteiger partial charge in [-0.2, -0.15) is 0 Å². The Morgan fingerprint density at radius 1 is 1.23 bits per heavy atom. The van der Waals surface area contributed by atoms with Crippen molar-refractivity contribution in [2.75, 3.05) is 17.7 Å². The minimum Gasteiger partial charge on any atom is -0.376 e. The second-order valence-electron chi connectivity index (χ2n) is 9.15. The van der Waals surface area contributed by atoms with Gasteiger partial charge in [0.1, 0.15) is 10.8 Å². The van der Waals surface area contributed by atoms with E-state index in [0.29, 0.717) is 0 Å². The highest BCUT2D eigenvalue weighted by Gasteiger charge is 2.22. The van der Waals surface area contributed by atoms with Crippen molar-refractivity contribution in [1.82, 2.24) is 19.7 Å². The normalized spacial score (nSPS) is 15.8. The Hall–Kier alpha value is -2.75. The molecule has 1 fully saturated rings. The first-order valence-electron chi connectivity index (χ1n) is 11.9. The Labute approximate surface area is 213 Å². The van der Waals surface area contributed by atoms with Crippen molar-refractivity contribution in [3.8, 4) is 10.6 Å². The minimum atomic E-state index is -0.0732. The number of thioether (sulfide) groups is 1. The topological polar surface area (TPSA) is 81.9 Å². The van der Waals surface area contributed by atoms with Crippen LogP contribution in [0, 0.1) is 6.92 Å². The van der Waals surface area contributed by atoms with Crippen molar-refractivity contribution in [3.63, 3.8) is 0 Å². The van der Waals surface area contributed by atoms with Gasteiger partial charge in [0.05, 0.1) is 28.6 Å². The van der Waals surface area contributed by atoms with Gasteiger partial charge in [-0.05, 0) is 61.7 Å². The molecule has 1 amide bonds. The summed E-state index contributed by atoms with van der Waals surface area (Å²) in [7, 11) is 0. The van der Waals surface area contributed by atoms with E-state index in [9.17, 15) is 4.79 Å². The van der Waals surface area contributed by atoms with E-state index >= 15 is 0 Å². The van der Waals surface area contributed by atoms with Gasteiger partial charge in [-0.15, -0.1) is 21.5 Å². The summed E-state index contributed by atoms with van der Waals surface area (Å²) < 4.78 is 9.12. The summed E-state index contributed by atoms with van der Waals surface area (Å²) in [6.45, 7) is 7.85. The highest BCUT2D eigenvalue weighted by atomic mass is 32.2. The van der Waals surface area contributed by atoms with Gasteiger partial charge in [-0.3, -0.25) is 4.79 Å². The maximum atomic E-state index is 12.7. The number of carbonyl (C=O) groups excluding carboxylic acids is 1. The Morgan fingerprint density at radius 2 is 2.06 bits per heavy atom. The van der Waals surface area contributed by atoms with E-state index in [4.69, 9.17) is 9.72 Å². The smallest absolute Gasteiger partial charge is 0.234 e. The fourth-order valence-corrected chi connectivity index (χ4v) is 6.00. The van der Waals surface area contributed by atoms with Gasteiger partial charge >= 0.3 is 0 Å². The number of ether oxygens (including phenoxy) is 1. The monoisotopic (exact) mass is 507 g/mol. The summed E-state index contributed by atoms with van der Waals surface area (Å²) in [5.41, 5.74) is 4.05. The van der Waals surface area contributed by atoms with Gasteiger partial charge in [-0.1, -0.05) is 31.7 Å². The van der Waals surface area contributed by atoms with Crippen LogP contribution in [0.25, 0.3) is 20.8 Å². The second-order valence-corrected chi connectivity index (χ2v) is 11.1. The molecular weight excluding hydrogens is 478 g/mol. The number of amides is 1. The molecule has 182 valence electrons. The van der Waals surface area contributed by atoms with E-state index in [-0.39, 0.29) is 23.7 Å². The number of hydrogen-bond donors (Lipinski definition) is 1. The molecule has 35 heavy (non-hydrogen) atoms. The van der Waals surface area contributed by atoms with Crippen LogP contribution in [-0.4, -0.2) is 44.1 Å². The molecule has 1 atom stereocenters. The number of carbonyl (C=O) groups is 1.